The molecule has 1 fully saturated rings. The van der Waals surface area contributed by atoms with Crippen molar-refractivity contribution in [1.29, 1.82) is 0 Å². The van der Waals surface area contributed by atoms with Crippen molar-refractivity contribution >= 4 is 22.8 Å². The SMILES string of the molecule is O=c1[nH]c(Oc2ccc(F)cc2Cl)nc2nc(CCCC3CCCC3)[nH]c12. The summed E-state index contributed by atoms with van der Waals surface area (Å²) in [5.41, 5.74) is 0.244. The van der Waals surface area contributed by atoms with E-state index in [9.17, 15) is 9.18 Å². The Labute approximate surface area is 160 Å². The lowest BCUT2D eigenvalue weighted by atomic mass is 10.0. The van der Waals surface area contributed by atoms with Crippen LogP contribution in [0.3, 0.4) is 0 Å². The van der Waals surface area contributed by atoms with Crippen molar-refractivity contribution in [1.82, 2.24) is 19.9 Å². The van der Waals surface area contributed by atoms with Crippen molar-refractivity contribution in [3.05, 3.63) is 45.2 Å². The monoisotopic (exact) mass is 390 g/mol. The highest BCUT2D eigenvalue weighted by molar-refractivity contribution is 6.32. The number of imidazole rings is 1. The first-order valence-corrected chi connectivity index (χ1v) is 9.58. The number of aromatic nitrogens is 4. The number of H-pyrrole nitrogens is 2. The van der Waals surface area contributed by atoms with Gasteiger partial charge in [-0.05, 0) is 30.5 Å². The third kappa shape index (κ3) is 4.13. The molecule has 1 aliphatic rings. The Bertz CT molecular complexity index is 1010. The van der Waals surface area contributed by atoms with Gasteiger partial charge in [-0.2, -0.15) is 4.98 Å². The molecule has 0 saturated heterocycles. The topological polar surface area (TPSA) is 83.7 Å². The summed E-state index contributed by atoms with van der Waals surface area (Å²) in [6, 6.07) is 3.69. The normalized spacial score (nSPS) is 14.9. The van der Waals surface area contributed by atoms with Crippen molar-refractivity contribution in [3.63, 3.8) is 0 Å². The Kier molecular flexibility index (Phi) is 5.11. The lowest BCUT2D eigenvalue weighted by Crippen LogP contribution is -2.09. The molecule has 0 aliphatic heterocycles. The van der Waals surface area contributed by atoms with Gasteiger partial charge in [-0.1, -0.05) is 43.7 Å². The summed E-state index contributed by atoms with van der Waals surface area (Å²) in [5.74, 6) is 1.31. The maximum atomic E-state index is 13.1. The summed E-state index contributed by atoms with van der Waals surface area (Å²) >= 11 is 5.95. The Balaban J connectivity index is 1.49. The smallest absolute Gasteiger partial charge is 0.304 e. The second-order valence-electron chi connectivity index (χ2n) is 6.97. The molecule has 1 saturated carbocycles. The quantitative estimate of drug-likeness (QED) is 0.636. The summed E-state index contributed by atoms with van der Waals surface area (Å²) < 4.78 is 18.6. The lowest BCUT2D eigenvalue weighted by Gasteiger charge is -2.06. The van der Waals surface area contributed by atoms with Gasteiger partial charge in [-0.15, -0.1) is 0 Å². The van der Waals surface area contributed by atoms with Gasteiger partial charge in [-0.3, -0.25) is 9.78 Å². The van der Waals surface area contributed by atoms with E-state index in [0.717, 1.165) is 30.7 Å². The van der Waals surface area contributed by atoms with Gasteiger partial charge >= 0.3 is 6.01 Å². The molecule has 0 bridgehead atoms. The van der Waals surface area contributed by atoms with Crippen molar-refractivity contribution in [3.8, 4) is 11.8 Å². The van der Waals surface area contributed by atoms with E-state index < -0.39 is 5.82 Å². The molecule has 0 unspecified atom stereocenters. The van der Waals surface area contributed by atoms with Crippen LogP contribution >= 0.6 is 11.6 Å². The van der Waals surface area contributed by atoms with E-state index in [0.29, 0.717) is 11.2 Å². The maximum Gasteiger partial charge on any atom is 0.304 e. The van der Waals surface area contributed by atoms with Crippen LogP contribution in [-0.4, -0.2) is 19.9 Å². The Morgan fingerprint density at radius 1 is 1.22 bits per heavy atom. The largest absolute Gasteiger partial charge is 0.424 e. The van der Waals surface area contributed by atoms with Gasteiger partial charge in [0.1, 0.15) is 17.4 Å². The number of ether oxygens (including phenoxy) is 1. The van der Waals surface area contributed by atoms with Gasteiger partial charge < -0.3 is 9.72 Å². The molecule has 27 heavy (non-hydrogen) atoms. The molecule has 6 nitrogen and oxygen atoms in total. The predicted molar refractivity (Wildman–Crippen MR) is 101 cm³/mol. The zero-order chi connectivity index (χ0) is 18.8. The molecule has 0 atom stereocenters. The van der Waals surface area contributed by atoms with E-state index in [1.54, 1.807) is 0 Å². The minimum absolute atomic E-state index is 0.0370. The molecule has 1 aliphatic carbocycles. The van der Waals surface area contributed by atoms with Gasteiger partial charge in [0, 0.05) is 6.42 Å². The highest BCUT2D eigenvalue weighted by Crippen LogP contribution is 2.29. The second kappa shape index (κ2) is 7.68. The van der Waals surface area contributed by atoms with Crippen LogP contribution in [0.15, 0.2) is 23.0 Å². The van der Waals surface area contributed by atoms with Gasteiger partial charge in [0.05, 0.1) is 5.02 Å². The number of aromatic amines is 2. The minimum atomic E-state index is -0.473. The van der Waals surface area contributed by atoms with E-state index in [1.165, 1.54) is 44.2 Å². The predicted octanol–water partition coefficient (Wildman–Crippen LogP) is 4.74. The number of halogens is 2. The van der Waals surface area contributed by atoms with Crippen LogP contribution in [0.5, 0.6) is 11.8 Å². The molecule has 2 aromatic heterocycles. The Morgan fingerprint density at radius 2 is 2.04 bits per heavy atom. The molecule has 3 aromatic rings. The molecule has 4 rings (SSSR count). The van der Waals surface area contributed by atoms with E-state index in [4.69, 9.17) is 16.3 Å². The van der Waals surface area contributed by atoms with Gasteiger partial charge in [0.15, 0.2) is 11.2 Å². The van der Waals surface area contributed by atoms with E-state index in [1.807, 2.05) is 0 Å². The number of fused-ring (bicyclic) bond motifs is 1. The van der Waals surface area contributed by atoms with Crippen LogP contribution in [0.4, 0.5) is 4.39 Å². The first kappa shape index (κ1) is 18.0. The first-order chi connectivity index (χ1) is 13.1. The van der Waals surface area contributed by atoms with Crippen LogP contribution in [0.1, 0.15) is 44.3 Å². The molecule has 0 radical (unpaired) electrons. The fourth-order valence-electron chi connectivity index (χ4n) is 3.62. The van der Waals surface area contributed by atoms with Crippen LogP contribution in [0.25, 0.3) is 11.2 Å². The minimum Gasteiger partial charge on any atom is -0.424 e. The molecule has 142 valence electrons. The fourth-order valence-corrected chi connectivity index (χ4v) is 3.83. The van der Waals surface area contributed by atoms with Crippen molar-refractivity contribution in [2.45, 2.75) is 44.9 Å². The summed E-state index contributed by atoms with van der Waals surface area (Å²) in [5, 5.41) is 0.0902. The molecule has 2 heterocycles. The molecule has 8 heteroatoms. The Hall–Kier alpha value is -2.41. The third-order valence-electron chi connectivity index (χ3n) is 4.99. The molecule has 0 spiro atoms. The van der Waals surface area contributed by atoms with Gasteiger partial charge in [-0.25, -0.2) is 9.37 Å². The number of nitrogens with one attached hydrogen (secondary N) is 2. The van der Waals surface area contributed by atoms with Crippen LogP contribution in [0, 0.1) is 11.7 Å². The molecular weight excluding hydrogens is 371 g/mol. The van der Waals surface area contributed by atoms with E-state index >= 15 is 0 Å². The number of benzene rings is 1. The van der Waals surface area contributed by atoms with Gasteiger partial charge in [0.2, 0.25) is 0 Å². The van der Waals surface area contributed by atoms with E-state index in [2.05, 4.69) is 19.9 Å². The average Bonchev–Trinajstić information content (AvgIpc) is 3.27. The summed E-state index contributed by atoms with van der Waals surface area (Å²) in [7, 11) is 0. The highest BCUT2D eigenvalue weighted by Gasteiger charge is 2.16. The van der Waals surface area contributed by atoms with Crippen LogP contribution in [0.2, 0.25) is 5.02 Å². The van der Waals surface area contributed by atoms with E-state index in [-0.39, 0.29) is 22.3 Å². The van der Waals surface area contributed by atoms with Crippen molar-refractivity contribution in [2.75, 3.05) is 0 Å². The fraction of sp³-hybridized carbons (Fsp3) is 0.421. The van der Waals surface area contributed by atoms with Gasteiger partial charge in [0.25, 0.3) is 5.56 Å². The summed E-state index contributed by atoms with van der Waals surface area (Å²) in [6.07, 6.45) is 8.36. The van der Waals surface area contributed by atoms with Crippen LogP contribution < -0.4 is 10.3 Å². The number of aryl methyl sites for hydroxylation is 1. The summed E-state index contributed by atoms with van der Waals surface area (Å²) in [4.78, 5) is 26.5. The third-order valence-corrected chi connectivity index (χ3v) is 5.29. The standard InChI is InChI=1S/C19H20ClFN4O2/c20-13-10-12(21)8-9-14(13)27-19-24-17-16(18(26)25-19)22-15(23-17)7-3-6-11-4-1-2-5-11/h8-11H,1-7H2,(H2,22,23,24,25,26). The van der Waals surface area contributed by atoms with Crippen molar-refractivity contribution < 1.29 is 9.13 Å². The number of nitrogens with zero attached hydrogens (tertiary/aromatic N) is 2. The molecule has 1 aromatic carbocycles. The molecular formula is C19H20ClFN4O2. The Morgan fingerprint density at radius 3 is 2.81 bits per heavy atom. The second-order valence-corrected chi connectivity index (χ2v) is 7.38. The number of hydrogen-bond donors (Lipinski definition) is 2. The highest BCUT2D eigenvalue weighted by atomic mass is 35.5. The number of rotatable bonds is 6. The first-order valence-electron chi connectivity index (χ1n) is 9.20. The van der Waals surface area contributed by atoms with Crippen LogP contribution in [-0.2, 0) is 6.42 Å². The molecule has 0 amide bonds. The summed E-state index contributed by atoms with van der Waals surface area (Å²) in [6.45, 7) is 0. The average molecular weight is 391 g/mol. The zero-order valence-electron chi connectivity index (χ0n) is 14.7. The number of hydrogen-bond acceptors (Lipinski definition) is 4. The zero-order valence-corrected chi connectivity index (χ0v) is 15.5. The molecule has 2 N–H and O–H groups in total. The lowest BCUT2D eigenvalue weighted by molar-refractivity contribution is 0.441. The van der Waals surface area contributed by atoms with Crippen molar-refractivity contribution in [2.24, 2.45) is 5.92 Å². The maximum absolute atomic E-state index is 13.1.